The van der Waals surface area contributed by atoms with Gasteiger partial charge >= 0.3 is 0 Å². The van der Waals surface area contributed by atoms with Crippen molar-refractivity contribution in [2.24, 2.45) is 0 Å². The van der Waals surface area contributed by atoms with E-state index in [-0.39, 0.29) is 11.3 Å². The Morgan fingerprint density at radius 2 is 1.81 bits per heavy atom. The largest absolute Gasteiger partial charge is 0.378 e. The zero-order chi connectivity index (χ0) is 20.0. The summed E-state index contributed by atoms with van der Waals surface area (Å²) in [5.74, 6) is -0.982. The third-order valence-corrected chi connectivity index (χ3v) is 5.14. The molecule has 0 bridgehead atoms. The quantitative estimate of drug-likeness (QED) is 0.674. The van der Waals surface area contributed by atoms with Gasteiger partial charge in [-0.1, -0.05) is 75.8 Å². The molecule has 0 spiro atoms. The molecule has 0 aliphatic heterocycles. The van der Waals surface area contributed by atoms with E-state index in [4.69, 9.17) is 0 Å². The normalized spacial score (nSPS) is 13.7. The summed E-state index contributed by atoms with van der Waals surface area (Å²) < 4.78 is 0. The van der Waals surface area contributed by atoms with Gasteiger partial charge in [-0.25, -0.2) is 0 Å². The lowest BCUT2D eigenvalue weighted by Crippen LogP contribution is -2.45. The summed E-state index contributed by atoms with van der Waals surface area (Å²) in [5.41, 5.74) is 0.321. The molecule has 2 unspecified atom stereocenters. The monoisotopic (exact) mass is 390 g/mol. The summed E-state index contributed by atoms with van der Waals surface area (Å²) in [7, 11) is 0. The maximum Gasteiger partial charge on any atom is 0.254 e. The minimum Gasteiger partial charge on any atom is -0.378 e. The molecule has 3 N–H and O–H groups in total. The summed E-state index contributed by atoms with van der Waals surface area (Å²) in [4.78, 5) is 24.9. The molecule has 0 radical (unpaired) electrons. The van der Waals surface area contributed by atoms with E-state index in [2.05, 4.69) is 20.8 Å². The van der Waals surface area contributed by atoms with Crippen LogP contribution in [0.4, 0.5) is 5.13 Å². The number of hydrogen-bond acceptors (Lipinski definition) is 6. The molecule has 146 valence electrons. The van der Waals surface area contributed by atoms with Crippen LogP contribution in [0.25, 0.3) is 0 Å². The smallest absolute Gasteiger partial charge is 0.254 e. The first-order valence-corrected chi connectivity index (χ1v) is 9.72. The summed E-state index contributed by atoms with van der Waals surface area (Å²) in [6.07, 6.45) is -0.180. The summed E-state index contributed by atoms with van der Waals surface area (Å²) in [6, 6.07) is 7.84. The third-order valence-electron chi connectivity index (χ3n) is 3.87. The molecule has 2 amide bonds. The lowest BCUT2D eigenvalue weighted by Gasteiger charge is -2.19. The average Bonchev–Trinajstić information content (AvgIpc) is 3.10. The number of carbonyl (C=O) groups is 2. The molecule has 0 saturated carbocycles. The minimum absolute atomic E-state index is 0.155. The molecule has 0 aliphatic carbocycles. The zero-order valence-electron chi connectivity index (χ0n) is 16.0. The van der Waals surface area contributed by atoms with E-state index < -0.39 is 18.1 Å². The molecule has 1 heterocycles. The van der Waals surface area contributed by atoms with Crippen molar-refractivity contribution in [1.82, 2.24) is 15.5 Å². The molecule has 8 heteroatoms. The fourth-order valence-electron chi connectivity index (χ4n) is 2.36. The minimum atomic E-state index is -1.33. The van der Waals surface area contributed by atoms with Crippen LogP contribution in [0.5, 0.6) is 0 Å². The molecular formula is C19H26N4O3S. The van der Waals surface area contributed by atoms with E-state index in [0.717, 1.165) is 5.01 Å². The number of carbonyl (C=O) groups excluding carboxylic acids is 2. The number of anilines is 1. The number of nitrogens with zero attached hydrogens (tertiary/aromatic N) is 2. The van der Waals surface area contributed by atoms with E-state index >= 15 is 0 Å². The number of nitrogens with one attached hydrogen (secondary N) is 2. The van der Waals surface area contributed by atoms with Crippen molar-refractivity contribution in [3.8, 4) is 0 Å². The Morgan fingerprint density at radius 3 is 2.37 bits per heavy atom. The van der Waals surface area contributed by atoms with Gasteiger partial charge in [0.05, 0.1) is 0 Å². The van der Waals surface area contributed by atoms with Gasteiger partial charge in [0.1, 0.15) is 11.0 Å². The first kappa shape index (κ1) is 21.0. The van der Waals surface area contributed by atoms with Gasteiger partial charge in [0, 0.05) is 5.41 Å². The summed E-state index contributed by atoms with van der Waals surface area (Å²) in [6.45, 7) is 7.97. The Hall–Kier alpha value is -2.32. The summed E-state index contributed by atoms with van der Waals surface area (Å²) in [5, 5.41) is 24.9. The number of aliphatic hydroxyl groups excluding tert-OH is 1. The van der Waals surface area contributed by atoms with Crippen molar-refractivity contribution in [2.75, 3.05) is 5.32 Å². The average molecular weight is 391 g/mol. The number of amides is 2. The number of aliphatic hydroxyl groups is 1. The molecule has 2 rings (SSSR count). The van der Waals surface area contributed by atoms with Crippen LogP contribution in [0.15, 0.2) is 30.3 Å². The van der Waals surface area contributed by atoms with Crippen molar-refractivity contribution in [2.45, 2.75) is 58.1 Å². The van der Waals surface area contributed by atoms with Gasteiger partial charge in [-0.05, 0) is 12.0 Å². The van der Waals surface area contributed by atoms with E-state index in [9.17, 15) is 14.7 Å². The van der Waals surface area contributed by atoms with Crippen LogP contribution in [0, 0.1) is 0 Å². The van der Waals surface area contributed by atoms with Crippen molar-refractivity contribution in [3.05, 3.63) is 40.9 Å². The molecule has 1 aromatic carbocycles. The van der Waals surface area contributed by atoms with Crippen LogP contribution in [-0.2, 0) is 15.0 Å². The van der Waals surface area contributed by atoms with Gasteiger partial charge < -0.3 is 10.4 Å². The standard InChI is InChI=1S/C19H26N4O3S/c1-5-9-13(20-16(26)14(24)12-10-7-6-8-11-12)15(25)21-18-23-22-17(27-18)19(2,3)4/h6-8,10-11,13-14,24H,5,9H2,1-4H3,(H,20,26)(H,21,23,25). The van der Waals surface area contributed by atoms with Crippen molar-refractivity contribution >= 4 is 28.3 Å². The van der Waals surface area contributed by atoms with Crippen LogP contribution >= 0.6 is 11.3 Å². The van der Waals surface area contributed by atoms with Gasteiger partial charge in [-0.3, -0.25) is 14.9 Å². The Kier molecular flexibility index (Phi) is 7.04. The third kappa shape index (κ3) is 5.83. The maximum atomic E-state index is 12.6. The van der Waals surface area contributed by atoms with Gasteiger partial charge in [0.25, 0.3) is 5.91 Å². The topological polar surface area (TPSA) is 104 Å². The molecule has 0 saturated heterocycles. The molecule has 2 aromatic rings. The predicted octanol–water partition coefficient (Wildman–Crippen LogP) is 2.79. The molecule has 0 fully saturated rings. The van der Waals surface area contributed by atoms with Crippen LogP contribution in [0.3, 0.4) is 0 Å². The molecular weight excluding hydrogens is 364 g/mol. The zero-order valence-corrected chi connectivity index (χ0v) is 16.8. The van der Waals surface area contributed by atoms with E-state index in [1.807, 2.05) is 27.7 Å². The number of hydrogen-bond donors (Lipinski definition) is 3. The Morgan fingerprint density at radius 1 is 1.15 bits per heavy atom. The predicted molar refractivity (Wildman–Crippen MR) is 105 cm³/mol. The Labute approximate surface area is 163 Å². The second-order valence-electron chi connectivity index (χ2n) is 7.31. The van der Waals surface area contributed by atoms with Crippen molar-refractivity contribution in [3.63, 3.8) is 0 Å². The SMILES string of the molecule is CCCC(NC(=O)C(O)c1ccccc1)C(=O)Nc1nnc(C(C)(C)C)s1. The summed E-state index contributed by atoms with van der Waals surface area (Å²) >= 11 is 1.31. The molecule has 0 aliphatic rings. The number of benzene rings is 1. The van der Waals surface area contributed by atoms with Crippen molar-refractivity contribution < 1.29 is 14.7 Å². The van der Waals surface area contributed by atoms with E-state index in [1.54, 1.807) is 30.3 Å². The van der Waals surface area contributed by atoms with Crippen LogP contribution in [0.2, 0.25) is 0 Å². The highest BCUT2D eigenvalue weighted by atomic mass is 32.1. The fraction of sp³-hybridized carbons (Fsp3) is 0.474. The molecule has 1 aromatic heterocycles. The lowest BCUT2D eigenvalue weighted by molar-refractivity contribution is -0.133. The lowest BCUT2D eigenvalue weighted by atomic mass is 9.98. The highest BCUT2D eigenvalue weighted by Gasteiger charge is 2.26. The van der Waals surface area contributed by atoms with Crippen molar-refractivity contribution in [1.29, 1.82) is 0 Å². The van der Waals surface area contributed by atoms with Gasteiger partial charge in [0.2, 0.25) is 11.0 Å². The second kappa shape index (κ2) is 9.05. The molecule has 27 heavy (non-hydrogen) atoms. The van der Waals surface area contributed by atoms with Crippen LogP contribution in [-0.4, -0.2) is 33.2 Å². The number of rotatable bonds is 7. The van der Waals surface area contributed by atoms with E-state index in [0.29, 0.717) is 23.5 Å². The fourth-order valence-corrected chi connectivity index (χ4v) is 3.17. The van der Waals surface area contributed by atoms with Gasteiger partial charge in [-0.2, -0.15) is 0 Å². The number of aromatic nitrogens is 2. The first-order valence-electron chi connectivity index (χ1n) is 8.90. The maximum absolute atomic E-state index is 12.6. The molecule has 7 nitrogen and oxygen atoms in total. The van der Waals surface area contributed by atoms with Gasteiger partial charge in [0.15, 0.2) is 6.10 Å². The van der Waals surface area contributed by atoms with Gasteiger partial charge in [-0.15, -0.1) is 10.2 Å². The highest BCUT2D eigenvalue weighted by Crippen LogP contribution is 2.27. The highest BCUT2D eigenvalue weighted by molar-refractivity contribution is 7.15. The Bertz CT molecular complexity index is 771. The van der Waals surface area contributed by atoms with Crippen LogP contribution in [0.1, 0.15) is 57.2 Å². The molecule has 2 atom stereocenters. The van der Waals surface area contributed by atoms with E-state index in [1.165, 1.54) is 11.3 Å². The first-order chi connectivity index (χ1) is 12.7. The van der Waals surface area contributed by atoms with Crippen LogP contribution < -0.4 is 10.6 Å². The Balaban J connectivity index is 2.04. The second-order valence-corrected chi connectivity index (χ2v) is 8.29.